The van der Waals surface area contributed by atoms with E-state index in [1.807, 2.05) is 18.2 Å². The number of aldehydes is 1. The maximum Gasteiger partial charge on any atom is 0.317 e. The van der Waals surface area contributed by atoms with Gasteiger partial charge in [-0.3, -0.25) is 9.59 Å². The second-order valence-corrected chi connectivity index (χ2v) is 12.2. The predicted molar refractivity (Wildman–Crippen MR) is 143 cm³/mol. The monoisotopic (exact) mass is 508 g/mol. The van der Waals surface area contributed by atoms with Crippen LogP contribution in [0.3, 0.4) is 0 Å². The van der Waals surface area contributed by atoms with Crippen LogP contribution < -0.4 is 10.1 Å². The minimum Gasteiger partial charge on any atom is -0.426 e. The number of aryl methyl sites for hydroxylation is 1. The van der Waals surface area contributed by atoms with E-state index in [2.05, 4.69) is 16.3 Å². The molecule has 3 saturated heterocycles. The number of hydrogen-bond donors (Lipinski definition) is 1. The van der Waals surface area contributed by atoms with E-state index in [1.165, 1.54) is 32.4 Å². The molecule has 2 aliphatic carbocycles. The largest absolute Gasteiger partial charge is 0.426 e. The first-order chi connectivity index (χ1) is 18.1. The second kappa shape index (κ2) is 12.1. The van der Waals surface area contributed by atoms with E-state index >= 15 is 0 Å². The topological polar surface area (TPSA) is 75.7 Å². The molecule has 6 heteroatoms. The molecule has 6 rings (SSSR count). The number of carbonyl (C=O) groups excluding carboxylic acids is 3. The number of nitrogens with one attached hydrogen (secondary N) is 1. The number of ether oxygens (including phenoxy) is 1. The highest BCUT2D eigenvalue weighted by molar-refractivity contribution is 5.80. The van der Waals surface area contributed by atoms with E-state index in [0.717, 1.165) is 82.6 Å². The number of piperidine rings is 3. The van der Waals surface area contributed by atoms with Crippen molar-refractivity contribution in [2.75, 3.05) is 19.6 Å². The van der Waals surface area contributed by atoms with Crippen molar-refractivity contribution < 1.29 is 19.1 Å². The minimum atomic E-state index is -0.332. The fourth-order valence-electron chi connectivity index (χ4n) is 7.63. The Kier molecular flexibility index (Phi) is 8.63. The van der Waals surface area contributed by atoms with Gasteiger partial charge in [0.2, 0.25) is 5.91 Å². The van der Waals surface area contributed by atoms with Crippen LogP contribution in [-0.2, 0) is 20.8 Å². The third-order valence-electron chi connectivity index (χ3n) is 9.83. The molecule has 0 unspecified atom stereocenters. The molecule has 3 heterocycles. The fraction of sp³-hybridized carbons (Fsp3) is 0.710. The normalized spacial score (nSPS) is 30.9. The van der Waals surface area contributed by atoms with E-state index in [9.17, 15) is 14.4 Å². The highest BCUT2D eigenvalue weighted by Crippen LogP contribution is 2.51. The van der Waals surface area contributed by atoms with Crippen LogP contribution in [0.5, 0.6) is 5.75 Å². The van der Waals surface area contributed by atoms with Crippen LogP contribution in [0, 0.1) is 23.2 Å². The minimum absolute atomic E-state index is 0.00761. The highest BCUT2D eigenvalue weighted by Gasteiger charge is 2.53. The molecule has 2 bridgehead atoms. The van der Waals surface area contributed by atoms with Crippen molar-refractivity contribution in [3.05, 3.63) is 29.8 Å². The predicted octanol–water partition coefficient (Wildman–Crippen LogP) is 5.08. The maximum absolute atomic E-state index is 13.8. The van der Waals surface area contributed by atoms with Crippen molar-refractivity contribution in [3.63, 3.8) is 0 Å². The lowest BCUT2D eigenvalue weighted by Gasteiger charge is -2.53. The average Bonchev–Trinajstić information content (AvgIpc) is 2.94. The molecule has 1 atom stereocenters. The second-order valence-electron chi connectivity index (χ2n) is 12.2. The van der Waals surface area contributed by atoms with Gasteiger partial charge in [0.1, 0.15) is 12.0 Å². The lowest BCUT2D eigenvalue weighted by Crippen LogP contribution is -2.57. The Labute approximate surface area is 221 Å². The van der Waals surface area contributed by atoms with Gasteiger partial charge in [0.05, 0.1) is 5.41 Å². The summed E-state index contributed by atoms with van der Waals surface area (Å²) >= 11 is 0. The zero-order valence-electron chi connectivity index (χ0n) is 22.3. The molecule has 37 heavy (non-hydrogen) atoms. The summed E-state index contributed by atoms with van der Waals surface area (Å²) in [5.41, 5.74) is 0.770. The summed E-state index contributed by atoms with van der Waals surface area (Å²) in [5, 5.41) is 3.14. The third-order valence-corrected chi connectivity index (χ3v) is 9.83. The van der Waals surface area contributed by atoms with Crippen LogP contribution in [0.4, 0.5) is 0 Å². The Morgan fingerprint density at radius 2 is 1.78 bits per heavy atom. The number of nitrogens with zero attached hydrogens (tertiary/aromatic N) is 1. The Hall–Kier alpha value is -2.21. The SMILES string of the molecule is O=CC1CCC(NC(=O)CCCc2cccc(OC(=O)C3([C@@H]4CN5CCC4CC5)CCCCC3)c2)CC1. The van der Waals surface area contributed by atoms with Gasteiger partial charge in [-0.05, 0) is 107 Å². The molecule has 6 nitrogen and oxygen atoms in total. The van der Waals surface area contributed by atoms with Gasteiger partial charge in [0.15, 0.2) is 0 Å². The quantitative estimate of drug-likeness (QED) is 0.286. The molecular weight excluding hydrogens is 464 g/mol. The number of amides is 1. The molecule has 1 aromatic carbocycles. The van der Waals surface area contributed by atoms with Crippen LogP contribution >= 0.6 is 0 Å². The molecule has 1 N–H and O–H groups in total. The van der Waals surface area contributed by atoms with Gasteiger partial charge >= 0.3 is 5.97 Å². The Balaban J connectivity index is 1.14. The van der Waals surface area contributed by atoms with Crippen LogP contribution in [0.25, 0.3) is 0 Å². The van der Waals surface area contributed by atoms with Crippen LogP contribution in [0.2, 0.25) is 0 Å². The van der Waals surface area contributed by atoms with E-state index in [1.54, 1.807) is 0 Å². The fourth-order valence-corrected chi connectivity index (χ4v) is 7.63. The van der Waals surface area contributed by atoms with Gasteiger partial charge in [-0.25, -0.2) is 0 Å². The first kappa shape index (κ1) is 26.4. The van der Waals surface area contributed by atoms with Crippen molar-refractivity contribution in [1.29, 1.82) is 0 Å². The average molecular weight is 509 g/mol. The smallest absolute Gasteiger partial charge is 0.317 e. The van der Waals surface area contributed by atoms with Crippen LogP contribution in [0.15, 0.2) is 24.3 Å². The molecule has 1 aromatic rings. The van der Waals surface area contributed by atoms with Gasteiger partial charge in [-0.15, -0.1) is 0 Å². The Bertz CT molecular complexity index is 940. The maximum atomic E-state index is 13.8. The van der Waals surface area contributed by atoms with Gasteiger partial charge in [0.25, 0.3) is 0 Å². The Morgan fingerprint density at radius 1 is 1.03 bits per heavy atom. The molecule has 5 fully saturated rings. The van der Waals surface area contributed by atoms with E-state index < -0.39 is 0 Å². The molecule has 0 radical (unpaired) electrons. The first-order valence-electron chi connectivity index (χ1n) is 14.8. The number of esters is 1. The zero-order chi connectivity index (χ0) is 25.7. The summed E-state index contributed by atoms with van der Waals surface area (Å²) in [4.78, 5) is 39.7. The summed E-state index contributed by atoms with van der Waals surface area (Å²) in [7, 11) is 0. The number of hydrogen-bond acceptors (Lipinski definition) is 5. The summed E-state index contributed by atoms with van der Waals surface area (Å²) < 4.78 is 6.14. The third kappa shape index (κ3) is 6.27. The van der Waals surface area contributed by atoms with Gasteiger partial charge < -0.3 is 19.7 Å². The van der Waals surface area contributed by atoms with Crippen molar-refractivity contribution in [1.82, 2.24) is 10.2 Å². The first-order valence-corrected chi connectivity index (χ1v) is 14.8. The molecule has 3 aliphatic heterocycles. The van der Waals surface area contributed by atoms with Crippen LogP contribution in [-0.4, -0.2) is 48.7 Å². The summed E-state index contributed by atoms with van der Waals surface area (Å²) in [6.07, 6.45) is 14.5. The Morgan fingerprint density at radius 3 is 2.46 bits per heavy atom. The van der Waals surface area contributed by atoms with Gasteiger partial charge in [-0.2, -0.15) is 0 Å². The molecule has 0 aromatic heterocycles. The van der Waals surface area contributed by atoms with Gasteiger partial charge in [-0.1, -0.05) is 31.4 Å². The molecule has 1 amide bonds. The van der Waals surface area contributed by atoms with Crippen LogP contribution in [0.1, 0.15) is 89.0 Å². The summed E-state index contributed by atoms with van der Waals surface area (Å²) in [6.45, 7) is 3.43. The molecular formula is C31H44N2O4. The summed E-state index contributed by atoms with van der Waals surface area (Å²) in [6, 6.07) is 8.11. The zero-order valence-corrected chi connectivity index (χ0v) is 22.3. The van der Waals surface area contributed by atoms with E-state index in [4.69, 9.17) is 4.74 Å². The summed E-state index contributed by atoms with van der Waals surface area (Å²) in [5.74, 6) is 1.98. The molecule has 202 valence electrons. The standard InChI is InChI=1S/C31H44N2O4/c34-22-24-10-12-26(13-11-24)32-29(35)9-5-7-23-6-4-8-27(20-23)37-30(36)31(16-2-1-3-17-31)28-21-33-18-14-25(28)15-19-33/h4,6,8,20,22,24-26,28H,1-3,5,7,9-19,21H2,(H,32,35)/t24?,26?,28-/m1/s1. The lowest BCUT2D eigenvalue weighted by molar-refractivity contribution is -0.159. The van der Waals surface area contributed by atoms with Crippen molar-refractivity contribution in [3.8, 4) is 5.75 Å². The van der Waals surface area contributed by atoms with Crippen molar-refractivity contribution in [2.45, 2.75) is 95.9 Å². The number of benzene rings is 1. The van der Waals surface area contributed by atoms with E-state index in [0.29, 0.717) is 24.0 Å². The number of carbonyl (C=O) groups is 3. The molecule has 0 spiro atoms. The van der Waals surface area contributed by atoms with Gasteiger partial charge in [0, 0.05) is 24.9 Å². The number of rotatable bonds is 9. The molecule has 2 saturated carbocycles. The van der Waals surface area contributed by atoms with Crippen molar-refractivity contribution >= 4 is 18.2 Å². The number of fused-ring (bicyclic) bond motifs is 3. The highest BCUT2D eigenvalue weighted by atomic mass is 16.5. The molecule has 5 aliphatic rings. The van der Waals surface area contributed by atoms with Crippen molar-refractivity contribution in [2.24, 2.45) is 23.2 Å². The lowest BCUT2D eigenvalue weighted by atomic mass is 9.58. The van der Waals surface area contributed by atoms with E-state index in [-0.39, 0.29) is 29.3 Å².